The van der Waals surface area contributed by atoms with Gasteiger partial charge >= 0.3 is 5.97 Å². The first kappa shape index (κ1) is 16.2. The SMILES string of the molecule is N#Cc1ccc(C(=O)N[C@@H](CCc2ccccc2)C(=O)O)cc1. The van der Waals surface area contributed by atoms with Gasteiger partial charge in [-0.25, -0.2) is 4.79 Å². The second kappa shape index (κ2) is 7.76. The molecular weight excluding hydrogens is 292 g/mol. The Morgan fingerprint density at radius 1 is 1.09 bits per heavy atom. The number of nitrogens with one attached hydrogen (secondary N) is 1. The molecule has 116 valence electrons. The van der Waals surface area contributed by atoms with Crippen molar-refractivity contribution in [2.24, 2.45) is 0 Å². The summed E-state index contributed by atoms with van der Waals surface area (Å²) in [6, 6.07) is 16.6. The number of amides is 1. The third-order valence-electron chi connectivity index (χ3n) is 3.44. The number of hydrogen-bond donors (Lipinski definition) is 2. The van der Waals surface area contributed by atoms with Gasteiger partial charge in [0.2, 0.25) is 0 Å². The summed E-state index contributed by atoms with van der Waals surface area (Å²) in [5.41, 5.74) is 1.79. The van der Waals surface area contributed by atoms with Crippen LogP contribution in [0.5, 0.6) is 0 Å². The topological polar surface area (TPSA) is 90.2 Å². The molecule has 0 bridgehead atoms. The number of nitriles is 1. The van der Waals surface area contributed by atoms with Crippen molar-refractivity contribution in [3.63, 3.8) is 0 Å². The maximum Gasteiger partial charge on any atom is 0.326 e. The van der Waals surface area contributed by atoms with E-state index in [1.165, 1.54) is 24.3 Å². The number of aryl methyl sites for hydroxylation is 1. The number of hydrogen-bond acceptors (Lipinski definition) is 3. The van der Waals surface area contributed by atoms with Gasteiger partial charge in [-0.05, 0) is 42.7 Å². The lowest BCUT2D eigenvalue weighted by molar-refractivity contribution is -0.139. The van der Waals surface area contributed by atoms with Gasteiger partial charge in [0, 0.05) is 5.56 Å². The van der Waals surface area contributed by atoms with Gasteiger partial charge in [-0.2, -0.15) is 5.26 Å². The summed E-state index contributed by atoms with van der Waals surface area (Å²) in [4.78, 5) is 23.4. The largest absolute Gasteiger partial charge is 0.480 e. The first-order valence-electron chi connectivity index (χ1n) is 7.18. The Morgan fingerprint density at radius 2 is 1.74 bits per heavy atom. The number of nitrogens with zero attached hydrogens (tertiary/aromatic N) is 1. The summed E-state index contributed by atoms with van der Waals surface area (Å²) < 4.78 is 0. The van der Waals surface area contributed by atoms with Crippen LogP contribution in [-0.4, -0.2) is 23.0 Å². The highest BCUT2D eigenvalue weighted by Gasteiger charge is 2.20. The number of benzene rings is 2. The molecule has 5 heteroatoms. The van der Waals surface area contributed by atoms with Crippen molar-refractivity contribution in [1.29, 1.82) is 5.26 Å². The lowest BCUT2D eigenvalue weighted by Gasteiger charge is -2.14. The second-order valence-corrected chi connectivity index (χ2v) is 5.08. The Hall–Kier alpha value is -3.13. The van der Waals surface area contributed by atoms with Crippen LogP contribution in [0.25, 0.3) is 0 Å². The van der Waals surface area contributed by atoms with E-state index in [0.29, 0.717) is 24.0 Å². The van der Waals surface area contributed by atoms with Crippen LogP contribution in [0.3, 0.4) is 0 Å². The molecule has 2 aromatic rings. The normalized spacial score (nSPS) is 11.3. The molecule has 1 amide bonds. The number of carboxylic acids is 1. The molecule has 0 heterocycles. The van der Waals surface area contributed by atoms with Crippen LogP contribution in [0, 0.1) is 11.3 Å². The van der Waals surface area contributed by atoms with Gasteiger partial charge < -0.3 is 10.4 Å². The lowest BCUT2D eigenvalue weighted by Crippen LogP contribution is -2.41. The fourth-order valence-corrected chi connectivity index (χ4v) is 2.15. The van der Waals surface area contributed by atoms with E-state index in [2.05, 4.69) is 5.32 Å². The van der Waals surface area contributed by atoms with Gasteiger partial charge in [-0.15, -0.1) is 0 Å². The molecule has 0 aliphatic carbocycles. The number of rotatable bonds is 6. The molecule has 2 aromatic carbocycles. The Balaban J connectivity index is 1.99. The van der Waals surface area contributed by atoms with Gasteiger partial charge in [-0.1, -0.05) is 30.3 Å². The third kappa shape index (κ3) is 4.68. The minimum atomic E-state index is -1.07. The minimum absolute atomic E-state index is 0.307. The van der Waals surface area contributed by atoms with Crippen molar-refractivity contribution in [2.75, 3.05) is 0 Å². The molecule has 0 aromatic heterocycles. The zero-order valence-corrected chi connectivity index (χ0v) is 12.4. The van der Waals surface area contributed by atoms with Crippen LogP contribution in [0.15, 0.2) is 54.6 Å². The molecule has 0 saturated carbocycles. The Bertz CT molecular complexity index is 718. The minimum Gasteiger partial charge on any atom is -0.480 e. The van der Waals surface area contributed by atoms with E-state index in [4.69, 9.17) is 5.26 Å². The first-order chi connectivity index (χ1) is 11.1. The fourth-order valence-electron chi connectivity index (χ4n) is 2.15. The van der Waals surface area contributed by atoms with Gasteiger partial charge in [0.1, 0.15) is 6.04 Å². The summed E-state index contributed by atoms with van der Waals surface area (Å²) in [6.45, 7) is 0. The smallest absolute Gasteiger partial charge is 0.326 e. The molecule has 5 nitrogen and oxygen atoms in total. The maximum absolute atomic E-state index is 12.1. The lowest BCUT2D eigenvalue weighted by atomic mass is 10.0. The molecule has 0 fully saturated rings. The third-order valence-corrected chi connectivity index (χ3v) is 3.44. The number of carbonyl (C=O) groups is 2. The van der Waals surface area contributed by atoms with Crippen LogP contribution in [-0.2, 0) is 11.2 Å². The summed E-state index contributed by atoms with van der Waals surface area (Å²) in [5.74, 6) is -1.53. The average molecular weight is 308 g/mol. The van der Waals surface area contributed by atoms with Crippen LogP contribution in [0.4, 0.5) is 0 Å². The average Bonchev–Trinajstić information content (AvgIpc) is 2.59. The van der Waals surface area contributed by atoms with E-state index < -0.39 is 17.9 Å². The molecule has 0 unspecified atom stereocenters. The van der Waals surface area contributed by atoms with E-state index in [1.807, 2.05) is 36.4 Å². The summed E-state index contributed by atoms with van der Waals surface area (Å²) in [7, 11) is 0. The summed E-state index contributed by atoms with van der Waals surface area (Å²) in [5, 5.41) is 20.5. The molecule has 0 saturated heterocycles. The predicted molar refractivity (Wildman–Crippen MR) is 84.8 cm³/mol. The van der Waals surface area contributed by atoms with E-state index in [-0.39, 0.29) is 0 Å². The zero-order valence-electron chi connectivity index (χ0n) is 12.4. The second-order valence-electron chi connectivity index (χ2n) is 5.08. The molecule has 2 rings (SSSR count). The van der Waals surface area contributed by atoms with Crippen molar-refractivity contribution >= 4 is 11.9 Å². The van der Waals surface area contributed by atoms with E-state index in [9.17, 15) is 14.7 Å². The van der Waals surface area contributed by atoms with Gasteiger partial charge in [0.25, 0.3) is 5.91 Å². The van der Waals surface area contributed by atoms with Crippen LogP contribution >= 0.6 is 0 Å². The predicted octanol–water partition coefficient (Wildman–Crippen LogP) is 2.37. The van der Waals surface area contributed by atoms with Crippen molar-refractivity contribution in [3.05, 3.63) is 71.3 Å². The monoisotopic (exact) mass is 308 g/mol. The van der Waals surface area contributed by atoms with Crippen molar-refractivity contribution in [1.82, 2.24) is 5.32 Å². The summed E-state index contributed by atoms with van der Waals surface area (Å²) in [6.07, 6.45) is 0.868. The van der Waals surface area contributed by atoms with Crippen molar-refractivity contribution in [3.8, 4) is 6.07 Å². The van der Waals surface area contributed by atoms with Crippen LogP contribution in [0.2, 0.25) is 0 Å². The maximum atomic E-state index is 12.1. The van der Waals surface area contributed by atoms with E-state index in [1.54, 1.807) is 0 Å². The molecule has 0 aliphatic heterocycles. The molecule has 23 heavy (non-hydrogen) atoms. The Labute approximate surface area is 134 Å². The fraction of sp³-hybridized carbons (Fsp3) is 0.167. The molecule has 0 radical (unpaired) electrons. The van der Waals surface area contributed by atoms with Crippen molar-refractivity contribution < 1.29 is 14.7 Å². The quantitative estimate of drug-likeness (QED) is 0.857. The first-order valence-corrected chi connectivity index (χ1v) is 7.18. The van der Waals surface area contributed by atoms with E-state index >= 15 is 0 Å². The van der Waals surface area contributed by atoms with Crippen molar-refractivity contribution in [2.45, 2.75) is 18.9 Å². The highest BCUT2D eigenvalue weighted by molar-refractivity contribution is 5.96. The van der Waals surface area contributed by atoms with Gasteiger partial charge in [-0.3, -0.25) is 4.79 Å². The van der Waals surface area contributed by atoms with Gasteiger partial charge in [0.05, 0.1) is 11.6 Å². The molecule has 2 N–H and O–H groups in total. The molecule has 1 atom stereocenters. The number of carboxylic acid groups (broad SMARTS) is 1. The van der Waals surface area contributed by atoms with Crippen LogP contribution < -0.4 is 5.32 Å². The Morgan fingerprint density at radius 3 is 2.30 bits per heavy atom. The van der Waals surface area contributed by atoms with Gasteiger partial charge in [0.15, 0.2) is 0 Å². The zero-order chi connectivity index (χ0) is 16.7. The standard InChI is InChI=1S/C18H16N2O3/c19-12-14-6-9-15(10-7-14)17(21)20-16(18(22)23)11-8-13-4-2-1-3-5-13/h1-7,9-10,16H,8,11H2,(H,20,21)(H,22,23)/t16-/m0/s1. The van der Waals surface area contributed by atoms with E-state index in [0.717, 1.165) is 5.56 Å². The summed E-state index contributed by atoms with van der Waals surface area (Å²) >= 11 is 0. The highest BCUT2D eigenvalue weighted by atomic mass is 16.4. The number of aliphatic carboxylic acids is 1. The molecular formula is C18H16N2O3. The molecule has 0 aliphatic rings. The molecule has 0 spiro atoms. The van der Waals surface area contributed by atoms with Crippen LogP contribution in [0.1, 0.15) is 27.9 Å². The highest BCUT2D eigenvalue weighted by Crippen LogP contribution is 2.08. The number of carbonyl (C=O) groups excluding carboxylic acids is 1. The Kier molecular flexibility index (Phi) is 5.48.